The molecule has 0 saturated heterocycles. The van der Waals surface area contributed by atoms with Crippen molar-refractivity contribution in [3.8, 4) is 23.6 Å². The second-order valence-corrected chi connectivity index (χ2v) is 6.51. The number of nitriles is 2. The molecule has 0 aliphatic carbocycles. The predicted octanol–water partition coefficient (Wildman–Crippen LogP) is 2.20. The van der Waals surface area contributed by atoms with Crippen molar-refractivity contribution < 1.29 is 19.8 Å². The topological polar surface area (TPSA) is 129 Å². The van der Waals surface area contributed by atoms with Gasteiger partial charge in [-0.1, -0.05) is 6.07 Å². The number of aromatic hydroxyl groups is 2. The van der Waals surface area contributed by atoms with E-state index in [1.807, 2.05) is 12.1 Å². The number of phenols is 2. The van der Waals surface area contributed by atoms with Crippen LogP contribution in [0.4, 0.5) is 0 Å². The van der Waals surface area contributed by atoms with Crippen LogP contribution in [0.3, 0.4) is 0 Å². The van der Waals surface area contributed by atoms with E-state index < -0.39 is 35.3 Å². The maximum Gasteiger partial charge on any atom is 0.240 e. The zero-order valence-electron chi connectivity index (χ0n) is 17.3. The highest BCUT2D eigenvalue weighted by Crippen LogP contribution is 2.38. The van der Waals surface area contributed by atoms with Crippen molar-refractivity contribution in [1.29, 1.82) is 10.5 Å². The van der Waals surface area contributed by atoms with E-state index in [1.54, 1.807) is 27.7 Å². The molecule has 2 N–H and O–H groups in total. The van der Waals surface area contributed by atoms with Gasteiger partial charge in [-0.25, -0.2) is 0 Å². The van der Waals surface area contributed by atoms with Crippen LogP contribution in [0.15, 0.2) is 18.2 Å². The van der Waals surface area contributed by atoms with Crippen LogP contribution in [-0.4, -0.2) is 58.0 Å². The number of amides is 2. The normalized spacial score (nSPS) is 13.4. The molecule has 0 bridgehead atoms. The van der Waals surface area contributed by atoms with Crippen LogP contribution in [0.2, 0.25) is 0 Å². The van der Waals surface area contributed by atoms with Crippen molar-refractivity contribution in [3.63, 3.8) is 0 Å². The van der Waals surface area contributed by atoms with Crippen LogP contribution in [0.25, 0.3) is 0 Å². The third-order valence-electron chi connectivity index (χ3n) is 5.06. The van der Waals surface area contributed by atoms with Crippen molar-refractivity contribution in [1.82, 2.24) is 9.80 Å². The van der Waals surface area contributed by atoms with Crippen molar-refractivity contribution >= 4 is 11.8 Å². The molecule has 1 aromatic carbocycles. The number of carbonyl (C=O) groups excluding carboxylic acids is 2. The maximum absolute atomic E-state index is 13.0. The first kappa shape index (κ1) is 23.8. The van der Waals surface area contributed by atoms with Crippen molar-refractivity contribution in [2.45, 2.75) is 33.6 Å². The Morgan fingerprint density at radius 1 is 0.862 bits per heavy atom. The highest BCUT2D eigenvalue weighted by Gasteiger charge is 2.42. The van der Waals surface area contributed by atoms with Gasteiger partial charge in [0.15, 0.2) is 11.5 Å². The second kappa shape index (κ2) is 10.9. The van der Waals surface area contributed by atoms with E-state index in [2.05, 4.69) is 0 Å². The quantitative estimate of drug-likeness (QED) is 0.612. The molecule has 156 valence electrons. The number of nitrogens with zero attached hydrogens (tertiary/aromatic N) is 4. The van der Waals surface area contributed by atoms with Crippen molar-refractivity contribution in [3.05, 3.63) is 23.8 Å². The summed E-state index contributed by atoms with van der Waals surface area (Å²) in [5, 5.41) is 39.2. The summed E-state index contributed by atoms with van der Waals surface area (Å²) in [5.74, 6) is -5.50. The van der Waals surface area contributed by atoms with Gasteiger partial charge < -0.3 is 20.0 Å². The lowest BCUT2D eigenvalue weighted by atomic mass is 9.76. The van der Waals surface area contributed by atoms with Crippen LogP contribution < -0.4 is 0 Å². The van der Waals surface area contributed by atoms with Gasteiger partial charge in [-0.15, -0.1) is 0 Å². The Balaban J connectivity index is 3.61. The van der Waals surface area contributed by atoms with Crippen LogP contribution in [0.5, 0.6) is 11.5 Å². The van der Waals surface area contributed by atoms with E-state index in [0.29, 0.717) is 26.2 Å². The zero-order chi connectivity index (χ0) is 22.1. The van der Waals surface area contributed by atoms with Gasteiger partial charge in [-0.05, 0) is 45.4 Å². The number of rotatable bonds is 9. The first-order valence-corrected chi connectivity index (χ1v) is 9.69. The lowest BCUT2D eigenvalue weighted by molar-refractivity contribution is -0.137. The molecule has 0 saturated carbocycles. The van der Waals surface area contributed by atoms with Crippen molar-refractivity contribution in [2.75, 3.05) is 26.2 Å². The molecule has 8 heteroatoms. The van der Waals surface area contributed by atoms with Crippen LogP contribution >= 0.6 is 0 Å². The minimum absolute atomic E-state index is 0.263. The molecule has 0 fully saturated rings. The molecule has 0 radical (unpaired) electrons. The molecule has 0 spiro atoms. The fraction of sp³-hybridized carbons (Fsp3) is 0.524. The summed E-state index contributed by atoms with van der Waals surface area (Å²) in [5.41, 5.74) is 0.263. The molecular formula is C21H28N4O4. The Bertz CT molecular complexity index is 762. The molecule has 8 nitrogen and oxygen atoms in total. The second-order valence-electron chi connectivity index (χ2n) is 6.51. The molecule has 0 aliphatic heterocycles. The van der Waals surface area contributed by atoms with Crippen LogP contribution in [0.1, 0.15) is 39.2 Å². The summed E-state index contributed by atoms with van der Waals surface area (Å²) < 4.78 is 0. The third kappa shape index (κ3) is 5.17. The SMILES string of the molecule is CCN(CC)C(=O)C(C#N)C(c1ccc(O)c(O)c1)C(C#N)C(=O)N(CC)CC. The average Bonchev–Trinajstić information content (AvgIpc) is 2.72. The number of benzene rings is 1. The first-order chi connectivity index (χ1) is 13.8. The van der Waals surface area contributed by atoms with Gasteiger partial charge in [0, 0.05) is 32.1 Å². The summed E-state index contributed by atoms with van der Waals surface area (Å²) >= 11 is 0. The first-order valence-electron chi connectivity index (χ1n) is 9.69. The molecule has 0 heterocycles. The van der Waals surface area contributed by atoms with Crippen molar-refractivity contribution in [2.24, 2.45) is 11.8 Å². The highest BCUT2D eigenvalue weighted by atomic mass is 16.3. The average molecular weight is 400 g/mol. The molecular weight excluding hydrogens is 372 g/mol. The molecule has 2 unspecified atom stereocenters. The highest BCUT2D eigenvalue weighted by molar-refractivity contribution is 5.87. The van der Waals surface area contributed by atoms with Gasteiger partial charge >= 0.3 is 0 Å². The van der Waals surface area contributed by atoms with E-state index in [4.69, 9.17) is 0 Å². The Morgan fingerprint density at radius 3 is 1.59 bits per heavy atom. The molecule has 0 aliphatic rings. The molecule has 29 heavy (non-hydrogen) atoms. The Kier molecular flexibility index (Phi) is 8.95. The molecule has 1 rings (SSSR count). The summed E-state index contributed by atoms with van der Waals surface area (Å²) in [4.78, 5) is 29.0. The fourth-order valence-electron chi connectivity index (χ4n) is 3.37. The third-order valence-corrected chi connectivity index (χ3v) is 5.06. The van der Waals surface area contributed by atoms with Crippen LogP contribution in [0, 0.1) is 34.5 Å². The maximum atomic E-state index is 13.0. The molecule has 2 atom stereocenters. The summed E-state index contributed by atoms with van der Waals surface area (Å²) in [7, 11) is 0. The lowest BCUT2D eigenvalue weighted by Crippen LogP contribution is -2.44. The summed E-state index contributed by atoms with van der Waals surface area (Å²) in [6.45, 7) is 8.62. The van der Waals surface area contributed by atoms with E-state index in [9.17, 15) is 30.3 Å². The Labute approximate surface area is 171 Å². The monoisotopic (exact) mass is 400 g/mol. The van der Waals surface area contributed by atoms with Gasteiger partial charge in [0.1, 0.15) is 11.8 Å². The van der Waals surface area contributed by atoms with E-state index in [1.165, 1.54) is 28.0 Å². The molecule has 1 aromatic rings. The standard InChI is InChI=1S/C21H28N4O4/c1-5-24(6-2)20(28)15(12-22)19(14-9-10-17(26)18(27)11-14)16(13-23)21(29)25(7-3)8-4/h9-11,15-16,19,26-27H,5-8H2,1-4H3. The lowest BCUT2D eigenvalue weighted by Gasteiger charge is -2.31. The minimum Gasteiger partial charge on any atom is -0.504 e. The van der Waals surface area contributed by atoms with Gasteiger partial charge in [0.25, 0.3) is 0 Å². The Hall–Kier alpha value is -3.26. The predicted molar refractivity (Wildman–Crippen MR) is 107 cm³/mol. The van der Waals surface area contributed by atoms with E-state index in [0.717, 1.165) is 0 Å². The summed E-state index contributed by atoms with van der Waals surface area (Å²) in [6.07, 6.45) is 0. The van der Waals surface area contributed by atoms with Gasteiger partial charge in [-0.3, -0.25) is 9.59 Å². The minimum atomic E-state index is -1.30. The molecule has 2 amide bonds. The molecule has 0 aromatic heterocycles. The number of hydrogen-bond donors (Lipinski definition) is 2. The number of phenolic OH excluding ortho intramolecular Hbond substituents is 2. The van der Waals surface area contributed by atoms with E-state index in [-0.39, 0.29) is 11.3 Å². The van der Waals surface area contributed by atoms with Gasteiger partial charge in [0.2, 0.25) is 11.8 Å². The van der Waals surface area contributed by atoms with E-state index >= 15 is 0 Å². The number of hydrogen-bond acceptors (Lipinski definition) is 6. The smallest absolute Gasteiger partial charge is 0.240 e. The largest absolute Gasteiger partial charge is 0.504 e. The van der Waals surface area contributed by atoms with Crippen LogP contribution in [-0.2, 0) is 9.59 Å². The summed E-state index contributed by atoms with van der Waals surface area (Å²) in [6, 6.07) is 7.76. The Morgan fingerprint density at radius 2 is 1.28 bits per heavy atom. The number of carbonyl (C=O) groups is 2. The zero-order valence-corrected chi connectivity index (χ0v) is 17.3. The van der Waals surface area contributed by atoms with Gasteiger partial charge in [-0.2, -0.15) is 10.5 Å². The fourth-order valence-corrected chi connectivity index (χ4v) is 3.37. The van der Waals surface area contributed by atoms with Gasteiger partial charge in [0.05, 0.1) is 12.1 Å².